The van der Waals surface area contributed by atoms with Crippen LogP contribution in [0.4, 0.5) is 0 Å². The lowest BCUT2D eigenvalue weighted by atomic mass is 10.1. The van der Waals surface area contributed by atoms with Crippen molar-refractivity contribution in [1.29, 1.82) is 0 Å². The van der Waals surface area contributed by atoms with E-state index >= 15 is 0 Å². The van der Waals surface area contributed by atoms with Crippen molar-refractivity contribution >= 4 is 10.4 Å². The topological polar surface area (TPSA) is 66.8 Å². The Labute approximate surface area is 137 Å². The largest absolute Gasteiger partial charge is 0.397 e. The number of nitrogens with zero attached hydrogens (tertiary/aromatic N) is 1. The summed E-state index contributed by atoms with van der Waals surface area (Å²) in [6.07, 6.45) is 0. The van der Waals surface area contributed by atoms with Gasteiger partial charge in [0.25, 0.3) is 0 Å². The van der Waals surface area contributed by atoms with Gasteiger partial charge in [-0.25, -0.2) is 4.18 Å². The van der Waals surface area contributed by atoms with E-state index in [2.05, 4.69) is 9.08 Å². The highest BCUT2D eigenvalue weighted by molar-refractivity contribution is 7.80. The summed E-state index contributed by atoms with van der Waals surface area (Å²) >= 11 is 0. The molecule has 1 atom stereocenters. The molecular weight excluding hydrogens is 314 g/mol. The van der Waals surface area contributed by atoms with Crippen LogP contribution < -0.4 is 0 Å². The standard InChI is InChI=1S/C17H21NO4S/c1-15(14-22-23(19,20)21)18(12-16-8-4-2-5-9-16)13-17-10-6-3-7-11-17/h2-11,15H,12-14H2,1H3,(H,19,20,21)/t15-/m0/s1. The Hall–Kier alpha value is -1.73. The molecule has 6 heteroatoms. The van der Waals surface area contributed by atoms with Crippen LogP contribution in [0.1, 0.15) is 18.1 Å². The third kappa shape index (κ3) is 6.50. The zero-order valence-electron chi connectivity index (χ0n) is 13.0. The summed E-state index contributed by atoms with van der Waals surface area (Å²) in [6.45, 7) is 3.09. The fraction of sp³-hybridized carbons (Fsp3) is 0.294. The Morgan fingerprint density at radius 1 is 0.957 bits per heavy atom. The summed E-state index contributed by atoms with van der Waals surface area (Å²) in [5.41, 5.74) is 2.25. The summed E-state index contributed by atoms with van der Waals surface area (Å²) in [5, 5.41) is 0. The predicted molar refractivity (Wildman–Crippen MR) is 89.1 cm³/mol. The van der Waals surface area contributed by atoms with Gasteiger partial charge in [-0.05, 0) is 18.1 Å². The Bertz CT molecular complexity index is 648. The van der Waals surface area contributed by atoms with E-state index in [1.807, 2.05) is 67.6 Å². The van der Waals surface area contributed by atoms with E-state index in [0.29, 0.717) is 13.1 Å². The van der Waals surface area contributed by atoms with Gasteiger partial charge in [0.2, 0.25) is 0 Å². The highest BCUT2D eigenvalue weighted by atomic mass is 32.3. The molecule has 2 rings (SSSR count). The van der Waals surface area contributed by atoms with Crippen molar-refractivity contribution in [3.8, 4) is 0 Å². The van der Waals surface area contributed by atoms with Gasteiger partial charge in [-0.15, -0.1) is 0 Å². The first kappa shape index (κ1) is 17.6. The SMILES string of the molecule is C[C@@H](COS(=O)(=O)O)N(Cc1ccccc1)Cc1ccccc1. The molecule has 0 bridgehead atoms. The Morgan fingerprint density at radius 2 is 1.39 bits per heavy atom. The molecule has 0 aliphatic carbocycles. The molecule has 0 amide bonds. The molecular formula is C17H21NO4S. The van der Waals surface area contributed by atoms with Crippen molar-refractivity contribution in [1.82, 2.24) is 4.90 Å². The van der Waals surface area contributed by atoms with Crippen molar-refractivity contribution in [2.45, 2.75) is 26.1 Å². The average molecular weight is 335 g/mol. The molecule has 0 aliphatic heterocycles. The van der Waals surface area contributed by atoms with Crippen molar-refractivity contribution in [3.05, 3.63) is 71.8 Å². The van der Waals surface area contributed by atoms with E-state index in [9.17, 15) is 8.42 Å². The van der Waals surface area contributed by atoms with E-state index in [0.717, 1.165) is 11.1 Å². The molecule has 0 heterocycles. The summed E-state index contributed by atoms with van der Waals surface area (Å²) in [7, 11) is -4.43. The molecule has 1 N–H and O–H groups in total. The quantitative estimate of drug-likeness (QED) is 0.751. The number of hydrogen-bond donors (Lipinski definition) is 1. The normalized spacial score (nSPS) is 13.2. The molecule has 0 radical (unpaired) electrons. The highest BCUT2D eigenvalue weighted by Crippen LogP contribution is 2.14. The van der Waals surface area contributed by atoms with Crippen LogP contribution in [0.5, 0.6) is 0 Å². The Morgan fingerprint density at radius 3 is 1.78 bits per heavy atom. The van der Waals surface area contributed by atoms with Crippen LogP contribution in [0.3, 0.4) is 0 Å². The summed E-state index contributed by atoms with van der Waals surface area (Å²) < 4.78 is 34.9. The maximum Gasteiger partial charge on any atom is 0.397 e. The minimum absolute atomic E-state index is 0.0987. The van der Waals surface area contributed by atoms with Gasteiger partial charge in [0.1, 0.15) is 0 Å². The smallest absolute Gasteiger partial charge is 0.290 e. The van der Waals surface area contributed by atoms with Gasteiger partial charge in [-0.2, -0.15) is 8.42 Å². The maximum absolute atomic E-state index is 10.8. The van der Waals surface area contributed by atoms with E-state index in [1.165, 1.54) is 0 Å². The molecule has 0 saturated carbocycles. The van der Waals surface area contributed by atoms with Crippen LogP contribution in [-0.4, -0.2) is 30.5 Å². The average Bonchev–Trinajstić information content (AvgIpc) is 2.53. The van der Waals surface area contributed by atoms with E-state index in [-0.39, 0.29) is 12.6 Å². The second kappa shape index (κ2) is 8.21. The third-order valence-electron chi connectivity index (χ3n) is 3.54. The van der Waals surface area contributed by atoms with Gasteiger partial charge in [0, 0.05) is 19.1 Å². The second-order valence-corrected chi connectivity index (χ2v) is 6.53. The summed E-state index contributed by atoms with van der Waals surface area (Å²) in [6, 6.07) is 19.7. The van der Waals surface area contributed by atoms with Crippen LogP contribution in [0.15, 0.2) is 60.7 Å². The van der Waals surface area contributed by atoms with Gasteiger partial charge < -0.3 is 0 Å². The summed E-state index contributed by atoms with van der Waals surface area (Å²) in [5.74, 6) is 0. The van der Waals surface area contributed by atoms with E-state index in [1.54, 1.807) is 0 Å². The molecule has 0 saturated heterocycles. The van der Waals surface area contributed by atoms with Crippen molar-refractivity contribution < 1.29 is 17.2 Å². The van der Waals surface area contributed by atoms with Crippen molar-refractivity contribution in [2.75, 3.05) is 6.61 Å². The van der Waals surface area contributed by atoms with Crippen LogP contribution in [0.2, 0.25) is 0 Å². The fourth-order valence-corrected chi connectivity index (χ4v) is 2.66. The van der Waals surface area contributed by atoms with E-state index < -0.39 is 10.4 Å². The third-order valence-corrected chi connectivity index (χ3v) is 3.97. The fourth-order valence-electron chi connectivity index (χ4n) is 2.29. The monoisotopic (exact) mass is 335 g/mol. The van der Waals surface area contributed by atoms with Crippen LogP contribution in [-0.2, 0) is 27.7 Å². The van der Waals surface area contributed by atoms with E-state index in [4.69, 9.17) is 4.55 Å². The second-order valence-electron chi connectivity index (χ2n) is 5.44. The number of benzene rings is 2. The molecule has 5 nitrogen and oxygen atoms in total. The lowest BCUT2D eigenvalue weighted by molar-refractivity contribution is 0.127. The van der Waals surface area contributed by atoms with Gasteiger partial charge in [-0.1, -0.05) is 60.7 Å². The zero-order valence-corrected chi connectivity index (χ0v) is 13.8. The van der Waals surface area contributed by atoms with Gasteiger partial charge >= 0.3 is 10.4 Å². The molecule has 0 fully saturated rings. The molecule has 0 aliphatic rings. The Kier molecular flexibility index (Phi) is 6.29. The minimum atomic E-state index is -4.43. The van der Waals surface area contributed by atoms with Gasteiger partial charge in [0.05, 0.1) is 6.61 Å². The lowest BCUT2D eigenvalue weighted by Gasteiger charge is -2.28. The lowest BCUT2D eigenvalue weighted by Crippen LogP contribution is -2.36. The molecule has 0 spiro atoms. The minimum Gasteiger partial charge on any atom is -0.290 e. The van der Waals surface area contributed by atoms with Crippen LogP contribution >= 0.6 is 0 Å². The number of hydrogen-bond acceptors (Lipinski definition) is 4. The highest BCUT2D eigenvalue weighted by Gasteiger charge is 2.18. The molecule has 0 unspecified atom stereocenters. The molecule has 2 aromatic rings. The molecule has 2 aromatic carbocycles. The van der Waals surface area contributed by atoms with Crippen molar-refractivity contribution in [3.63, 3.8) is 0 Å². The number of rotatable bonds is 8. The summed E-state index contributed by atoms with van der Waals surface area (Å²) in [4.78, 5) is 2.11. The van der Waals surface area contributed by atoms with Crippen LogP contribution in [0, 0.1) is 0 Å². The first-order chi connectivity index (χ1) is 10.9. The van der Waals surface area contributed by atoms with Crippen molar-refractivity contribution in [2.24, 2.45) is 0 Å². The predicted octanol–water partition coefficient (Wildman–Crippen LogP) is 2.90. The van der Waals surface area contributed by atoms with Gasteiger partial charge in [-0.3, -0.25) is 9.45 Å². The first-order valence-electron chi connectivity index (χ1n) is 7.38. The zero-order chi connectivity index (χ0) is 16.7. The van der Waals surface area contributed by atoms with Crippen LogP contribution in [0.25, 0.3) is 0 Å². The molecule has 23 heavy (non-hydrogen) atoms. The van der Waals surface area contributed by atoms with Gasteiger partial charge in [0.15, 0.2) is 0 Å². The molecule has 124 valence electrons. The Balaban J connectivity index is 2.10. The maximum atomic E-state index is 10.8. The molecule has 0 aromatic heterocycles. The first-order valence-corrected chi connectivity index (χ1v) is 8.74.